The molecule has 0 spiro atoms. The normalized spacial score (nSPS) is 18.0. The number of amides is 1. The largest absolute Gasteiger partial charge is 0.379 e. The van der Waals surface area contributed by atoms with E-state index in [1.54, 1.807) is 28.6 Å². The van der Waals surface area contributed by atoms with Gasteiger partial charge in [-0.25, -0.2) is 12.7 Å². The Bertz CT molecular complexity index is 1010. The Balaban J connectivity index is 1.30. The van der Waals surface area contributed by atoms with Crippen molar-refractivity contribution in [1.82, 2.24) is 14.5 Å². The third-order valence-electron chi connectivity index (χ3n) is 5.98. The summed E-state index contributed by atoms with van der Waals surface area (Å²) in [7, 11) is -3.28. The average molecular weight is 458 g/mol. The zero-order valence-corrected chi connectivity index (χ0v) is 19.1. The van der Waals surface area contributed by atoms with E-state index in [1.165, 1.54) is 5.56 Å². The number of nitrogens with zero attached hydrogens (tertiary/aromatic N) is 2. The van der Waals surface area contributed by atoms with Crippen LogP contribution in [0.2, 0.25) is 0 Å². The SMILES string of the molecule is O=C(NCc1cccc(CN2CCOCC2)c1)c1ccc(CS(=O)(=O)N2CCCC2)cc1. The van der Waals surface area contributed by atoms with Gasteiger partial charge >= 0.3 is 0 Å². The summed E-state index contributed by atoms with van der Waals surface area (Å²) < 4.78 is 31.9. The number of sulfonamides is 1. The van der Waals surface area contributed by atoms with Gasteiger partial charge in [-0.1, -0.05) is 36.4 Å². The summed E-state index contributed by atoms with van der Waals surface area (Å²) in [6.45, 7) is 5.98. The molecule has 0 aromatic heterocycles. The Hall–Kier alpha value is -2.26. The van der Waals surface area contributed by atoms with E-state index in [2.05, 4.69) is 22.3 Å². The Morgan fingerprint density at radius 2 is 1.59 bits per heavy atom. The molecule has 2 saturated heterocycles. The molecule has 7 nitrogen and oxygen atoms in total. The molecule has 8 heteroatoms. The van der Waals surface area contributed by atoms with Crippen LogP contribution < -0.4 is 5.32 Å². The molecule has 2 heterocycles. The summed E-state index contributed by atoms with van der Waals surface area (Å²) in [6, 6.07) is 15.1. The second-order valence-electron chi connectivity index (χ2n) is 8.45. The summed E-state index contributed by atoms with van der Waals surface area (Å²) in [6.07, 6.45) is 1.85. The van der Waals surface area contributed by atoms with Crippen LogP contribution in [0.15, 0.2) is 48.5 Å². The van der Waals surface area contributed by atoms with Crippen LogP contribution in [0.25, 0.3) is 0 Å². The fourth-order valence-corrected chi connectivity index (χ4v) is 5.77. The van der Waals surface area contributed by atoms with E-state index in [1.807, 2.05) is 12.1 Å². The Kier molecular flexibility index (Phi) is 7.57. The number of morpholine rings is 1. The number of carbonyl (C=O) groups excluding carboxylic acids is 1. The molecule has 0 unspecified atom stereocenters. The van der Waals surface area contributed by atoms with Gasteiger partial charge in [0.2, 0.25) is 10.0 Å². The van der Waals surface area contributed by atoms with Crippen LogP contribution in [-0.4, -0.2) is 62.9 Å². The van der Waals surface area contributed by atoms with Crippen LogP contribution in [0.3, 0.4) is 0 Å². The maximum atomic E-state index is 12.6. The van der Waals surface area contributed by atoms with Gasteiger partial charge < -0.3 is 10.1 Å². The van der Waals surface area contributed by atoms with Gasteiger partial charge in [-0.3, -0.25) is 9.69 Å². The Labute approximate surface area is 190 Å². The first-order valence-electron chi connectivity index (χ1n) is 11.2. The predicted octanol–water partition coefficient (Wildman–Crippen LogP) is 2.37. The molecule has 0 atom stereocenters. The summed E-state index contributed by atoms with van der Waals surface area (Å²) in [4.78, 5) is 14.9. The van der Waals surface area contributed by atoms with Crippen molar-refractivity contribution in [3.05, 3.63) is 70.8 Å². The highest BCUT2D eigenvalue weighted by molar-refractivity contribution is 7.88. The van der Waals surface area contributed by atoms with Gasteiger partial charge in [-0.2, -0.15) is 0 Å². The summed E-state index contributed by atoms with van der Waals surface area (Å²) in [5.41, 5.74) is 3.50. The van der Waals surface area contributed by atoms with E-state index in [0.717, 1.165) is 51.3 Å². The number of hydrogen-bond acceptors (Lipinski definition) is 5. The van der Waals surface area contributed by atoms with E-state index in [0.29, 0.717) is 30.8 Å². The van der Waals surface area contributed by atoms with Crippen LogP contribution in [0.5, 0.6) is 0 Å². The van der Waals surface area contributed by atoms with Gasteiger partial charge in [0, 0.05) is 44.8 Å². The molecule has 0 radical (unpaired) electrons. The zero-order valence-electron chi connectivity index (χ0n) is 18.3. The maximum absolute atomic E-state index is 12.6. The molecule has 2 fully saturated rings. The monoisotopic (exact) mass is 457 g/mol. The molecule has 0 bridgehead atoms. The van der Waals surface area contributed by atoms with Gasteiger partial charge in [0.1, 0.15) is 0 Å². The van der Waals surface area contributed by atoms with Crippen LogP contribution in [0.4, 0.5) is 0 Å². The molecule has 0 aliphatic carbocycles. The molecule has 2 aliphatic heterocycles. The highest BCUT2D eigenvalue weighted by Crippen LogP contribution is 2.18. The second kappa shape index (κ2) is 10.6. The highest BCUT2D eigenvalue weighted by atomic mass is 32.2. The molecule has 4 rings (SSSR count). The van der Waals surface area contributed by atoms with Gasteiger partial charge in [0.05, 0.1) is 19.0 Å². The number of nitrogens with one attached hydrogen (secondary N) is 1. The minimum atomic E-state index is -3.28. The maximum Gasteiger partial charge on any atom is 0.251 e. The average Bonchev–Trinajstić information content (AvgIpc) is 3.35. The van der Waals surface area contributed by atoms with E-state index in [4.69, 9.17) is 4.74 Å². The van der Waals surface area contributed by atoms with Crippen LogP contribution in [0, 0.1) is 0 Å². The predicted molar refractivity (Wildman–Crippen MR) is 124 cm³/mol. The Morgan fingerprint density at radius 3 is 2.31 bits per heavy atom. The van der Waals surface area contributed by atoms with E-state index in [-0.39, 0.29) is 11.7 Å². The standard InChI is InChI=1S/C24H31N3O4S/c28-24(23-8-6-20(7-9-23)19-32(29,30)27-10-1-2-11-27)25-17-21-4-3-5-22(16-21)18-26-12-14-31-15-13-26/h3-9,16H,1-2,10-15,17-19H2,(H,25,28). The number of ether oxygens (including phenoxy) is 1. The lowest BCUT2D eigenvalue weighted by molar-refractivity contribution is 0.0342. The minimum absolute atomic E-state index is 0.0230. The number of carbonyl (C=O) groups is 1. The topological polar surface area (TPSA) is 79.0 Å². The lowest BCUT2D eigenvalue weighted by atomic mass is 10.1. The van der Waals surface area contributed by atoms with Crippen molar-refractivity contribution in [3.63, 3.8) is 0 Å². The molecule has 172 valence electrons. The van der Waals surface area contributed by atoms with Crippen molar-refractivity contribution < 1.29 is 17.9 Å². The van der Waals surface area contributed by atoms with Gasteiger partial charge in [-0.15, -0.1) is 0 Å². The third kappa shape index (κ3) is 6.16. The first-order chi connectivity index (χ1) is 15.5. The van der Waals surface area contributed by atoms with Crippen molar-refractivity contribution in [2.75, 3.05) is 39.4 Å². The smallest absolute Gasteiger partial charge is 0.251 e. The van der Waals surface area contributed by atoms with Crippen LogP contribution >= 0.6 is 0 Å². The van der Waals surface area contributed by atoms with Gasteiger partial charge in [0.25, 0.3) is 5.91 Å². The van der Waals surface area contributed by atoms with Crippen LogP contribution in [0.1, 0.15) is 39.9 Å². The van der Waals surface area contributed by atoms with Gasteiger partial charge in [0.15, 0.2) is 0 Å². The molecular formula is C24H31N3O4S. The summed E-state index contributed by atoms with van der Waals surface area (Å²) >= 11 is 0. The Morgan fingerprint density at radius 1 is 0.906 bits per heavy atom. The second-order valence-corrected chi connectivity index (χ2v) is 10.4. The van der Waals surface area contributed by atoms with Gasteiger partial charge in [-0.05, 0) is 41.7 Å². The lowest BCUT2D eigenvalue weighted by Gasteiger charge is -2.26. The number of rotatable bonds is 8. The van der Waals surface area contributed by atoms with Crippen molar-refractivity contribution in [2.45, 2.75) is 31.7 Å². The van der Waals surface area contributed by atoms with Crippen LogP contribution in [-0.2, 0) is 33.6 Å². The molecule has 2 aromatic carbocycles. The van der Waals surface area contributed by atoms with Crippen molar-refractivity contribution >= 4 is 15.9 Å². The minimum Gasteiger partial charge on any atom is -0.379 e. The van der Waals surface area contributed by atoms with Crippen molar-refractivity contribution in [3.8, 4) is 0 Å². The molecule has 2 aromatic rings. The zero-order chi connectivity index (χ0) is 22.4. The third-order valence-corrected chi connectivity index (χ3v) is 7.83. The quantitative estimate of drug-likeness (QED) is 0.659. The van der Waals surface area contributed by atoms with Crippen molar-refractivity contribution in [1.29, 1.82) is 0 Å². The molecule has 1 N–H and O–H groups in total. The fraction of sp³-hybridized carbons (Fsp3) is 0.458. The van der Waals surface area contributed by atoms with Crippen molar-refractivity contribution in [2.24, 2.45) is 0 Å². The molecular weight excluding hydrogens is 426 g/mol. The van der Waals surface area contributed by atoms with E-state index in [9.17, 15) is 13.2 Å². The number of benzene rings is 2. The molecule has 1 amide bonds. The molecule has 32 heavy (non-hydrogen) atoms. The summed E-state index contributed by atoms with van der Waals surface area (Å²) in [5.74, 6) is -0.192. The first kappa shape index (κ1) is 22.9. The summed E-state index contributed by atoms with van der Waals surface area (Å²) in [5, 5.41) is 2.96. The fourth-order valence-electron chi connectivity index (χ4n) is 4.16. The first-order valence-corrected chi connectivity index (χ1v) is 12.8. The molecule has 0 saturated carbocycles. The molecule has 2 aliphatic rings. The van der Waals surface area contributed by atoms with E-state index < -0.39 is 10.0 Å². The van der Waals surface area contributed by atoms with E-state index >= 15 is 0 Å². The highest BCUT2D eigenvalue weighted by Gasteiger charge is 2.25. The lowest BCUT2D eigenvalue weighted by Crippen LogP contribution is -2.35. The number of hydrogen-bond donors (Lipinski definition) is 1.